The number of nitrogens with zero attached hydrogens (tertiary/aromatic N) is 1. The zero-order chi connectivity index (χ0) is 24.8. The van der Waals surface area contributed by atoms with Gasteiger partial charge in [-0.05, 0) is 66.2 Å². The number of carbonyl (C=O) groups is 1. The van der Waals surface area contributed by atoms with Crippen molar-refractivity contribution in [2.45, 2.75) is 18.0 Å². The number of hydrogen-bond donors (Lipinski definition) is 0. The molecule has 0 saturated heterocycles. The summed E-state index contributed by atoms with van der Waals surface area (Å²) in [7, 11) is -2.56. The van der Waals surface area contributed by atoms with E-state index < -0.39 is 10.1 Å². The van der Waals surface area contributed by atoms with Crippen molar-refractivity contribution in [3.05, 3.63) is 113 Å². The molecular formula is C26H22ClNO6S. The van der Waals surface area contributed by atoms with E-state index in [2.05, 4.69) is 0 Å². The number of rotatable bonds is 9. The maximum absolute atomic E-state index is 13.3. The first-order valence-corrected chi connectivity index (χ1v) is 12.4. The summed E-state index contributed by atoms with van der Waals surface area (Å²) in [6.07, 6.45) is 1.53. The zero-order valence-electron chi connectivity index (χ0n) is 18.8. The van der Waals surface area contributed by atoms with Crippen molar-refractivity contribution in [3.63, 3.8) is 0 Å². The van der Waals surface area contributed by atoms with Crippen LogP contribution < -0.4 is 8.92 Å². The predicted octanol–water partition coefficient (Wildman–Crippen LogP) is 5.55. The van der Waals surface area contributed by atoms with E-state index in [9.17, 15) is 13.2 Å². The van der Waals surface area contributed by atoms with Crippen LogP contribution in [0.15, 0.2) is 101 Å². The summed E-state index contributed by atoms with van der Waals surface area (Å²) >= 11 is 6.26. The quantitative estimate of drug-likeness (QED) is 0.274. The van der Waals surface area contributed by atoms with Gasteiger partial charge in [0.25, 0.3) is 5.91 Å². The highest BCUT2D eigenvalue weighted by atomic mass is 35.5. The number of carbonyl (C=O) groups excluding carboxylic acids is 1. The van der Waals surface area contributed by atoms with Gasteiger partial charge in [0, 0.05) is 6.54 Å². The first-order chi connectivity index (χ1) is 16.9. The number of halogens is 1. The molecule has 1 amide bonds. The van der Waals surface area contributed by atoms with Crippen molar-refractivity contribution in [1.29, 1.82) is 0 Å². The molecule has 0 aliphatic carbocycles. The summed E-state index contributed by atoms with van der Waals surface area (Å²) in [4.78, 5) is 14.9. The Morgan fingerprint density at radius 2 is 1.69 bits per heavy atom. The molecule has 35 heavy (non-hydrogen) atoms. The average molecular weight is 512 g/mol. The SMILES string of the molecule is COc1ccc(S(=O)(=O)Oc2cccc(CN(Cc3ccco3)C(=O)c3ccccc3Cl)c2)cc1. The summed E-state index contributed by atoms with van der Waals surface area (Å²) < 4.78 is 41.3. The zero-order valence-corrected chi connectivity index (χ0v) is 20.3. The molecule has 9 heteroatoms. The minimum Gasteiger partial charge on any atom is -0.497 e. The first-order valence-electron chi connectivity index (χ1n) is 10.6. The third-order valence-corrected chi connectivity index (χ3v) is 6.74. The van der Waals surface area contributed by atoms with Gasteiger partial charge in [-0.2, -0.15) is 8.42 Å². The number of methoxy groups -OCH3 is 1. The van der Waals surface area contributed by atoms with Crippen LogP contribution in [0.25, 0.3) is 0 Å². The van der Waals surface area contributed by atoms with Gasteiger partial charge in [-0.15, -0.1) is 0 Å². The molecule has 7 nitrogen and oxygen atoms in total. The highest BCUT2D eigenvalue weighted by Gasteiger charge is 2.21. The molecule has 3 aromatic carbocycles. The molecule has 4 rings (SSSR count). The summed E-state index contributed by atoms with van der Waals surface area (Å²) in [5, 5.41) is 0.338. The molecule has 1 heterocycles. The molecule has 0 aliphatic rings. The molecule has 1 aromatic heterocycles. The van der Waals surface area contributed by atoms with Crippen molar-refractivity contribution in [2.24, 2.45) is 0 Å². The van der Waals surface area contributed by atoms with Crippen LogP contribution in [0, 0.1) is 0 Å². The van der Waals surface area contributed by atoms with Crippen LogP contribution >= 0.6 is 11.6 Å². The third-order valence-electron chi connectivity index (χ3n) is 5.14. The van der Waals surface area contributed by atoms with E-state index in [0.29, 0.717) is 27.7 Å². The third kappa shape index (κ3) is 6.03. The first kappa shape index (κ1) is 24.4. The standard InChI is InChI=1S/C26H22ClNO6S/c1-32-20-11-13-23(14-12-20)35(30,31)34-21-7-4-6-19(16-21)17-28(18-22-8-5-15-33-22)26(29)24-9-2-3-10-25(24)27/h2-16H,17-18H2,1H3. The van der Waals surface area contributed by atoms with E-state index in [1.807, 2.05) is 0 Å². The highest BCUT2D eigenvalue weighted by molar-refractivity contribution is 7.87. The van der Waals surface area contributed by atoms with Crippen molar-refractivity contribution >= 4 is 27.6 Å². The van der Waals surface area contributed by atoms with Crippen molar-refractivity contribution in [3.8, 4) is 11.5 Å². The topological polar surface area (TPSA) is 86.1 Å². The molecule has 0 spiro atoms. The van der Waals surface area contributed by atoms with Gasteiger partial charge in [0.15, 0.2) is 0 Å². The van der Waals surface area contributed by atoms with Gasteiger partial charge in [0.1, 0.15) is 22.2 Å². The van der Waals surface area contributed by atoms with Gasteiger partial charge in [-0.25, -0.2) is 0 Å². The molecule has 0 N–H and O–H groups in total. The Hall–Kier alpha value is -3.75. The molecule has 0 bridgehead atoms. The van der Waals surface area contributed by atoms with Crippen LogP contribution in [0.3, 0.4) is 0 Å². The predicted molar refractivity (Wildman–Crippen MR) is 131 cm³/mol. The van der Waals surface area contributed by atoms with Gasteiger partial charge in [0.05, 0.1) is 30.5 Å². The lowest BCUT2D eigenvalue weighted by Gasteiger charge is -2.23. The van der Waals surface area contributed by atoms with E-state index >= 15 is 0 Å². The van der Waals surface area contributed by atoms with Crippen molar-refractivity contribution in [1.82, 2.24) is 4.90 Å². The summed E-state index contributed by atoms with van der Waals surface area (Å²) in [6, 6.07) is 22.8. The van der Waals surface area contributed by atoms with Crippen LogP contribution in [0.4, 0.5) is 0 Å². The maximum atomic E-state index is 13.3. The molecule has 4 aromatic rings. The van der Waals surface area contributed by atoms with Crippen LogP contribution in [-0.4, -0.2) is 26.3 Å². The van der Waals surface area contributed by atoms with E-state index in [4.69, 9.17) is 24.9 Å². The van der Waals surface area contributed by atoms with Crippen LogP contribution in [-0.2, 0) is 23.2 Å². The van der Waals surface area contributed by atoms with Gasteiger partial charge >= 0.3 is 10.1 Å². The highest BCUT2D eigenvalue weighted by Crippen LogP contribution is 2.24. The van der Waals surface area contributed by atoms with Gasteiger partial charge < -0.3 is 18.2 Å². The molecule has 0 saturated carbocycles. The molecular weight excluding hydrogens is 490 g/mol. The molecule has 0 unspecified atom stereocenters. The van der Waals surface area contributed by atoms with Crippen LogP contribution in [0.1, 0.15) is 21.7 Å². The smallest absolute Gasteiger partial charge is 0.339 e. The minimum atomic E-state index is -4.06. The monoisotopic (exact) mass is 511 g/mol. The molecule has 0 fully saturated rings. The number of amides is 1. The lowest BCUT2D eigenvalue weighted by Crippen LogP contribution is -2.30. The van der Waals surface area contributed by atoms with Crippen LogP contribution in [0.2, 0.25) is 5.02 Å². The number of furan rings is 1. The van der Waals surface area contributed by atoms with Gasteiger partial charge in [-0.1, -0.05) is 35.9 Å². The number of hydrogen-bond acceptors (Lipinski definition) is 6. The lowest BCUT2D eigenvalue weighted by atomic mass is 10.1. The fourth-order valence-electron chi connectivity index (χ4n) is 3.43. The number of ether oxygens (including phenoxy) is 1. The summed E-state index contributed by atoms with van der Waals surface area (Å²) in [5.41, 5.74) is 1.02. The normalized spacial score (nSPS) is 11.1. The molecule has 180 valence electrons. The van der Waals surface area contributed by atoms with Crippen LogP contribution in [0.5, 0.6) is 11.5 Å². The fraction of sp³-hybridized carbons (Fsp3) is 0.115. The Balaban J connectivity index is 1.57. The van der Waals surface area contributed by atoms with E-state index in [0.717, 1.165) is 0 Å². The summed E-state index contributed by atoms with van der Waals surface area (Å²) in [6.45, 7) is 0.372. The Labute approximate surface area is 208 Å². The van der Waals surface area contributed by atoms with E-state index in [-0.39, 0.29) is 29.6 Å². The summed E-state index contributed by atoms with van der Waals surface area (Å²) in [5.74, 6) is 0.969. The molecule has 0 radical (unpaired) electrons. The lowest BCUT2D eigenvalue weighted by molar-refractivity contribution is 0.0717. The average Bonchev–Trinajstić information content (AvgIpc) is 3.37. The second-order valence-electron chi connectivity index (χ2n) is 7.58. The molecule has 0 aliphatic heterocycles. The van der Waals surface area contributed by atoms with Crippen molar-refractivity contribution in [2.75, 3.05) is 7.11 Å². The van der Waals surface area contributed by atoms with E-state index in [1.165, 1.54) is 31.6 Å². The Morgan fingerprint density at radius 1 is 0.914 bits per heavy atom. The number of benzene rings is 3. The Bertz CT molecular complexity index is 1400. The second-order valence-corrected chi connectivity index (χ2v) is 9.53. The van der Waals surface area contributed by atoms with E-state index in [1.54, 1.807) is 71.6 Å². The fourth-order valence-corrected chi connectivity index (χ4v) is 4.57. The molecule has 0 atom stereocenters. The second kappa shape index (κ2) is 10.7. The largest absolute Gasteiger partial charge is 0.497 e. The van der Waals surface area contributed by atoms with Crippen molar-refractivity contribution < 1.29 is 26.5 Å². The Kier molecular flexibility index (Phi) is 7.43. The van der Waals surface area contributed by atoms with Gasteiger partial charge in [-0.3, -0.25) is 4.79 Å². The minimum absolute atomic E-state index is 0.00274. The van der Waals surface area contributed by atoms with Gasteiger partial charge in [0.2, 0.25) is 0 Å². The Morgan fingerprint density at radius 3 is 2.37 bits per heavy atom. The maximum Gasteiger partial charge on any atom is 0.339 e.